The fourth-order valence-electron chi connectivity index (χ4n) is 0.867. The average Bonchev–Trinajstić information content (AvgIpc) is 2.49. The maximum absolute atomic E-state index is 12.5. The minimum absolute atomic E-state index is 0.559. The minimum Gasteiger partial charge on any atom is -0.468 e. The van der Waals surface area contributed by atoms with Crippen LogP contribution < -0.4 is 11.5 Å². The van der Waals surface area contributed by atoms with Crippen LogP contribution in [0.4, 0.5) is 5.69 Å². The summed E-state index contributed by atoms with van der Waals surface area (Å²) >= 11 is 5.61. The van der Waals surface area contributed by atoms with Crippen LogP contribution in [0.5, 0.6) is 0 Å². The van der Waals surface area contributed by atoms with Crippen molar-refractivity contribution in [2.45, 2.75) is 12.4 Å². The van der Waals surface area contributed by atoms with E-state index in [1.165, 1.54) is 0 Å². The van der Waals surface area contributed by atoms with Crippen molar-refractivity contribution >= 4 is 29.0 Å². The van der Waals surface area contributed by atoms with Gasteiger partial charge >= 0.3 is 5.97 Å². The van der Waals surface area contributed by atoms with E-state index in [1.807, 2.05) is 0 Å². The summed E-state index contributed by atoms with van der Waals surface area (Å²) in [4.78, 5) is 24.3. The Hall–Kier alpha value is -1.59. The van der Waals surface area contributed by atoms with E-state index in [-0.39, 0.29) is 0 Å². The molecular formula is C11H13ClN2O3. The van der Waals surface area contributed by atoms with Crippen molar-refractivity contribution in [1.82, 2.24) is 0 Å². The lowest BCUT2D eigenvalue weighted by atomic mass is 10.0. The molecule has 17 heavy (non-hydrogen) atoms. The molecule has 5 nitrogen and oxygen atoms in total. The third kappa shape index (κ3) is 3.44. The average molecular weight is 266 g/mol. The second kappa shape index (κ2) is 5.65. The minimum atomic E-state index is -3.62. The fourth-order valence-corrected chi connectivity index (χ4v) is 1.02. The van der Waals surface area contributed by atoms with Crippen LogP contribution in [0.25, 0.3) is 0 Å². The van der Waals surface area contributed by atoms with Crippen molar-refractivity contribution in [2.24, 2.45) is 5.73 Å². The van der Waals surface area contributed by atoms with Gasteiger partial charge in [-0.1, -0.05) is 11.6 Å². The second-order valence-electron chi connectivity index (χ2n) is 2.73. The molecule has 1 rings (SSSR count). The molecule has 1 aromatic rings. The van der Waals surface area contributed by atoms with Gasteiger partial charge in [-0.15, -0.1) is 0 Å². The molecule has 0 aromatic heterocycles. The monoisotopic (exact) mass is 265 g/mol. The summed E-state index contributed by atoms with van der Waals surface area (Å²) in [6, 6.07) is -6.01. The fraction of sp³-hybridized carbons (Fsp3) is 0.273. The molecule has 0 bridgehead atoms. The first-order valence-electron chi connectivity index (χ1n) is 8.58. The number of ether oxygens (including phenoxy) is 1. The Morgan fingerprint density at radius 1 is 1.76 bits per heavy atom. The first kappa shape index (κ1) is 5.37. The zero-order chi connectivity index (χ0) is 20.8. The van der Waals surface area contributed by atoms with E-state index in [4.69, 9.17) is 35.4 Å². The molecule has 0 heterocycles. The Bertz CT molecular complexity index is 750. The lowest BCUT2D eigenvalue weighted by Crippen LogP contribution is -2.34. The largest absolute Gasteiger partial charge is 0.468 e. The molecule has 0 radical (unpaired) electrons. The molecule has 0 unspecified atom stereocenters. The lowest BCUT2D eigenvalue weighted by Gasteiger charge is -2.09. The second-order valence-corrected chi connectivity index (χ2v) is 3.11. The van der Waals surface area contributed by atoms with Gasteiger partial charge in [0.15, 0.2) is 5.78 Å². The molecule has 0 amide bonds. The molecule has 1 aromatic carbocycles. The molecular weight excluding hydrogens is 244 g/mol. The predicted octanol–water partition coefficient (Wildman–Crippen LogP) is 0.995. The molecule has 0 saturated heterocycles. The Morgan fingerprint density at radius 2 is 2.47 bits per heavy atom. The number of nitrogen functional groups attached to an aromatic ring is 1. The summed E-state index contributed by atoms with van der Waals surface area (Å²) in [7, 11) is -3.34. The van der Waals surface area contributed by atoms with Crippen LogP contribution in [0, 0.1) is 0 Å². The highest BCUT2D eigenvalue weighted by Gasteiger charge is 2.20. The van der Waals surface area contributed by atoms with Crippen LogP contribution in [0.15, 0.2) is 18.1 Å². The number of carbonyl (C=O) groups excluding carboxylic acids is 2. The van der Waals surface area contributed by atoms with Gasteiger partial charge in [-0.2, -0.15) is 0 Å². The molecule has 4 N–H and O–H groups in total. The Morgan fingerprint density at radius 3 is 3.12 bits per heavy atom. The van der Waals surface area contributed by atoms with E-state index in [9.17, 15) is 9.59 Å². The molecule has 0 saturated carbocycles. The van der Waals surface area contributed by atoms with Crippen molar-refractivity contribution in [3.8, 4) is 0 Å². The van der Waals surface area contributed by atoms with E-state index < -0.39 is 65.6 Å². The van der Waals surface area contributed by atoms with Gasteiger partial charge < -0.3 is 16.2 Å². The van der Waals surface area contributed by atoms with Crippen molar-refractivity contribution in [2.75, 3.05) is 12.8 Å². The number of anilines is 1. The van der Waals surface area contributed by atoms with Crippen molar-refractivity contribution < 1.29 is 26.7 Å². The molecule has 0 fully saturated rings. The van der Waals surface area contributed by atoms with Gasteiger partial charge in [-0.3, -0.25) is 9.59 Å². The van der Waals surface area contributed by atoms with Gasteiger partial charge in [0.1, 0.15) is 6.02 Å². The van der Waals surface area contributed by atoms with Crippen LogP contribution in [-0.4, -0.2) is 24.8 Å². The highest BCUT2D eigenvalue weighted by atomic mass is 35.5. The van der Waals surface area contributed by atoms with Gasteiger partial charge in [0.2, 0.25) is 0 Å². The zero-order valence-electron chi connectivity index (χ0n) is 17.3. The van der Waals surface area contributed by atoms with E-state index >= 15 is 0 Å². The number of ketones is 1. The Labute approximate surface area is 116 Å². The smallest absolute Gasteiger partial charge is 0.323 e. The summed E-state index contributed by atoms with van der Waals surface area (Å²) in [5.74, 6) is -3.84. The van der Waals surface area contributed by atoms with Crippen LogP contribution in [0.1, 0.15) is 29.1 Å². The van der Waals surface area contributed by atoms with Gasteiger partial charge in [0.25, 0.3) is 0 Å². The number of halogens is 1. The van der Waals surface area contributed by atoms with Crippen molar-refractivity contribution in [3.05, 3.63) is 28.7 Å². The van der Waals surface area contributed by atoms with Gasteiger partial charge in [0.05, 0.1) is 16.6 Å². The van der Waals surface area contributed by atoms with Crippen LogP contribution >= 0.6 is 11.6 Å². The van der Waals surface area contributed by atoms with E-state index in [1.54, 1.807) is 0 Å². The maximum Gasteiger partial charge on any atom is 0.323 e. The summed E-state index contributed by atoms with van der Waals surface area (Å²) in [5, 5.41) is -0.559. The summed E-state index contributed by atoms with van der Waals surface area (Å²) in [5.41, 5.74) is 8.97. The number of benzene rings is 1. The molecule has 0 spiro atoms. The number of carbonyl (C=O) groups is 2. The quantitative estimate of drug-likeness (QED) is 0.481. The van der Waals surface area contributed by atoms with Gasteiger partial charge in [-0.25, -0.2) is 0 Å². The van der Waals surface area contributed by atoms with E-state index in [2.05, 4.69) is 4.74 Å². The number of nitrogens with two attached hydrogens (primary N) is 2. The number of methoxy groups -OCH3 is 1. The molecule has 0 aliphatic heterocycles. The Kier molecular flexibility index (Phi) is 1.79. The normalized spacial score (nSPS) is 23.1. The number of hydrogen-bond acceptors (Lipinski definition) is 5. The molecule has 6 heteroatoms. The third-order valence-corrected chi connectivity index (χ3v) is 1.79. The summed E-state index contributed by atoms with van der Waals surface area (Å²) < 4.78 is 70.2. The van der Waals surface area contributed by atoms with E-state index in [0.717, 1.165) is 0 Å². The number of hydrogen-bond donors (Lipinski definition) is 2. The van der Waals surface area contributed by atoms with E-state index in [0.29, 0.717) is 0 Å². The zero-order valence-corrected chi connectivity index (χ0v) is 9.01. The Balaban J connectivity index is 3.51. The lowest BCUT2D eigenvalue weighted by molar-refractivity contribution is -0.142. The first-order chi connectivity index (χ1) is 11.5. The van der Waals surface area contributed by atoms with Gasteiger partial charge in [0, 0.05) is 25.4 Å². The number of Topliss-reactive ketones (excluding diaryl/α,β-unsaturated/α-hetero) is 1. The SMILES string of the molecule is [2H]c1c([2H])c(C(=O)C([2H])([2H])[C@]([2H])(N)C(=O)OC([2H])([2H])[2H])c(N)c([2H])c1Cl. The molecule has 92 valence electrons. The van der Waals surface area contributed by atoms with Crippen molar-refractivity contribution in [3.63, 3.8) is 0 Å². The predicted molar refractivity (Wildman–Crippen MR) is 64.8 cm³/mol. The standard InChI is InChI=1S/C11H13ClN2O3/c1-17-11(16)9(14)5-10(15)7-3-2-6(12)4-8(7)13/h2-4,9H,5,13-14H2,1H3/t9-/m0/s1/i1D3,2D,3D,4D,5D2,9D. The van der Waals surface area contributed by atoms with Crippen molar-refractivity contribution in [1.29, 1.82) is 0 Å². The highest BCUT2D eigenvalue weighted by Crippen LogP contribution is 2.19. The molecule has 0 aliphatic rings. The molecule has 0 aliphatic carbocycles. The maximum atomic E-state index is 12.5. The third-order valence-electron chi connectivity index (χ3n) is 1.60. The van der Waals surface area contributed by atoms with Crippen LogP contribution in [-0.2, 0) is 9.53 Å². The first-order valence-corrected chi connectivity index (χ1v) is 4.46. The highest BCUT2D eigenvalue weighted by molar-refractivity contribution is 6.31. The number of rotatable bonds is 4. The number of esters is 1. The summed E-state index contributed by atoms with van der Waals surface area (Å²) in [6.45, 7) is 0. The topological polar surface area (TPSA) is 95.4 Å². The molecule has 1 atom stereocenters. The van der Waals surface area contributed by atoms with Crippen LogP contribution in [0.2, 0.25) is 5.02 Å². The summed E-state index contributed by atoms with van der Waals surface area (Å²) in [6.07, 6.45) is -3.62. The van der Waals surface area contributed by atoms with Gasteiger partial charge in [-0.05, 0) is 18.1 Å². The van der Waals surface area contributed by atoms with Crippen LogP contribution in [0.3, 0.4) is 0 Å².